The SMILES string of the molecule is C[Si](C)(C)C(P(Cl)Cl)[Si](C)(C)C. The minimum Gasteiger partial charge on any atom is -0.0784 e. The van der Waals surface area contributed by atoms with E-state index in [0.717, 1.165) is 0 Å². The Bertz CT molecular complexity index is 134. The van der Waals surface area contributed by atoms with Crippen molar-refractivity contribution in [3.05, 3.63) is 0 Å². The topological polar surface area (TPSA) is 0 Å². The number of rotatable bonds is 3. The quantitative estimate of drug-likeness (QED) is 0.500. The van der Waals surface area contributed by atoms with Crippen LogP contribution in [0.3, 0.4) is 0 Å². The van der Waals surface area contributed by atoms with E-state index in [-0.39, 0.29) is 0 Å². The van der Waals surface area contributed by atoms with E-state index in [2.05, 4.69) is 39.3 Å². The molecule has 0 aromatic rings. The summed E-state index contributed by atoms with van der Waals surface area (Å²) in [5.41, 5.74) is 0. The molecule has 0 unspecified atom stereocenters. The van der Waals surface area contributed by atoms with Crippen LogP contribution in [0.25, 0.3) is 0 Å². The molecular weight excluding hydrogens is 242 g/mol. The largest absolute Gasteiger partial charge is 0.0831 e. The Hall–Kier alpha value is 1.44. The maximum Gasteiger partial charge on any atom is 0.0831 e. The molecule has 0 aromatic carbocycles. The molecule has 0 radical (unpaired) electrons. The Kier molecular flexibility index (Phi) is 4.83. The summed E-state index contributed by atoms with van der Waals surface area (Å²) in [5.74, 6) is 0. The van der Waals surface area contributed by atoms with Crippen LogP contribution < -0.4 is 0 Å². The molecule has 0 aliphatic carbocycles. The number of hydrogen-bond acceptors (Lipinski definition) is 0. The summed E-state index contributed by atoms with van der Waals surface area (Å²) in [4.78, 5) is 0.656. The minimum absolute atomic E-state index is 0.656. The fraction of sp³-hybridized carbons (Fsp3) is 1.00. The first-order chi connectivity index (χ1) is 5.07. The van der Waals surface area contributed by atoms with E-state index in [1.807, 2.05) is 0 Å². The summed E-state index contributed by atoms with van der Waals surface area (Å²) in [6.07, 6.45) is 0. The Morgan fingerprint density at radius 2 is 1.08 bits per heavy atom. The summed E-state index contributed by atoms with van der Waals surface area (Å²) in [6, 6.07) is 0. The lowest BCUT2D eigenvalue weighted by Gasteiger charge is -2.38. The fourth-order valence-corrected chi connectivity index (χ4v) is 27.5. The van der Waals surface area contributed by atoms with Gasteiger partial charge in [-0.05, 0) is 4.91 Å². The summed E-state index contributed by atoms with van der Waals surface area (Å²) in [5, 5.41) is 0. The molecule has 0 nitrogen and oxygen atoms in total. The predicted molar refractivity (Wildman–Crippen MR) is 69.1 cm³/mol. The van der Waals surface area contributed by atoms with Crippen molar-refractivity contribution in [2.75, 3.05) is 0 Å². The van der Waals surface area contributed by atoms with E-state index in [0.29, 0.717) is 4.91 Å². The molecule has 74 valence electrons. The van der Waals surface area contributed by atoms with Gasteiger partial charge in [-0.15, -0.1) is 0 Å². The third-order valence-electron chi connectivity index (χ3n) is 1.84. The van der Waals surface area contributed by atoms with Crippen molar-refractivity contribution in [2.24, 2.45) is 0 Å². The molecule has 0 bridgehead atoms. The molecule has 0 aromatic heterocycles. The minimum atomic E-state index is -1.16. The highest BCUT2D eigenvalue weighted by atomic mass is 35.9. The van der Waals surface area contributed by atoms with Gasteiger partial charge in [0.2, 0.25) is 0 Å². The van der Waals surface area contributed by atoms with E-state index in [1.165, 1.54) is 0 Å². The molecule has 0 saturated heterocycles. The molecule has 0 spiro atoms. The molecule has 0 fully saturated rings. The van der Waals surface area contributed by atoms with Gasteiger partial charge in [0.15, 0.2) is 0 Å². The van der Waals surface area contributed by atoms with Crippen molar-refractivity contribution >= 4 is 45.3 Å². The van der Waals surface area contributed by atoms with Crippen molar-refractivity contribution < 1.29 is 0 Å². The standard InChI is InChI=1S/C7H19Cl2PSi2/c1-11(2,3)7(10(8)9)12(4,5)6/h7H,1-6H3. The predicted octanol–water partition coefficient (Wildman–Crippen LogP) is 4.90. The summed E-state index contributed by atoms with van der Waals surface area (Å²) < 4.78 is 0. The van der Waals surface area contributed by atoms with Crippen LogP contribution in [-0.4, -0.2) is 21.1 Å². The lowest BCUT2D eigenvalue weighted by Crippen LogP contribution is -2.51. The van der Waals surface area contributed by atoms with Crippen LogP contribution in [0.1, 0.15) is 0 Å². The molecule has 0 heterocycles. The van der Waals surface area contributed by atoms with E-state index < -0.39 is 22.8 Å². The lowest BCUT2D eigenvalue weighted by atomic mass is 11.7. The molecule has 12 heavy (non-hydrogen) atoms. The van der Waals surface area contributed by atoms with Gasteiger partial charge in [-0.25, -0.2) is 0 Å². The van der Waals surface area contributed by atoms with Crippen LogP contribution in [0.5, 0.6) is 0 Å². The first-order valence-electron chi connectivity index (χ1n) is 4.17. The van der Waals surface area contributed by atoms with E-state index >= 15 is 0 Å². The van der Waals surface area contributed by atoms with Crippen LogP contribution >= 0.6 is 29.1 Å². The van der Waals surface area contributed by atoms with Crippen LogP contribution in [0, 0.1) is 0 Å². The Morgan fingerprint density at radius 3 is 1.08 bits per heavy atom. The lowest BCUT2D eigenvalue weighted by molar-refractivity contribution is 1.46. The van der Waals surface area contributed by atoms with Crippen molar-refractivity contribution in [2.45, 2.75) is 44.2 Å². The number of hydrogen-bond donors (Lipinski definition) is 0. The van der Waals surface area contributed by atoms with Crippen LogP contribution in [0.2, 0.25) is 39.3 Å². The molecular formula is C7H19Cl2PSi2. The summed E-state index contributed by atoms with van der Waals surface area (Å²) >= 11 is 12.2. The highest BCUT2D eigenvalue weighted by Crippen LogP contribution is 2.57. The number of halogens is 2. The molecule has 0 saturated carbocycles. The van der Waals surface area contributed by atoms with E-state index in [1.54, 1.807) is 0 Å². The van der Waals surface area contributed by atoms with Gasteiger partial charge in [0.1, 0.15) is 0 Å². The average molecular weight is 261 g/mol. The van der Waals surface area contributed by atoms with Gasteiger partial charge in [0.05, 0.1) is 22.8 Å². The first-order valence-corrected chi connectivity index (χ1v) is 14.5. The van der Waals surface area contributed by atoms with Gasteiger partial charge in [-0.2, -0.15) is 0 Å². The highest BCUT2D eigenvalue weighted by molar-refractivity contribution is 8.07. The maximum atomic E-state index is 6.11. The van der Waals surface area contributed by atoms with E-state index in [4.69, 9.17) is 22.5 Å². The van der Waals surface area contributed by atoms with Crippen LogP contribution in [0.4, 0.5) is 0 Å². The van der Waals surface area contributed by atoms with Crippen molar-refractivity contribution in [1.29, 1.82) is 0 Å². The summed E-state index contributed by atoms with van der Waals surface area (Å²) in [7, 11) is -2.32. The first kappa shape index (κ1) is 13.4. The molecule has 5 heteroatoms. The normalized spacial score (nSPS) is 14.5. The highest BCUT2D eigenvalue weighted by Gasteiger charge is 2.41. The third-order valence-corrected chi connectivity index (χ3v) is 20.0. The Balaban J connectivity index is 4.70. The second kappa shape index (κ2) is 4.31. The van der Waals surface area contributed by atoms with Gasteiger partial charge < -0.3 is 0 Å². The smallest absolute Gasteiger partial charge is 0.0784 e. The molecule has 0 amide bonds. The van der Waals surface area contributed by atoms with Crippen molar-refractivity contribution in [3.63, 3.8) is 0 Å². The maximum absolute atomic E-state index is 6.11. The zero-order valence-electron chi connectivity index (χ0n) is 8.78. The molecule has 0 N–H and O–H groups in total. The monoisotopic (exact) mass is 260 g/mol. The van der Waals surface area contributed by atoms with Crippen molar-refractivity contribution in [1.82, 2.24) is 0 Å². The molecule has 0 rings (SSSR count). The van der Waals surface area contributed by atoms with Gasteiger partial charge in [-0.1, -0.05) is 61.8 Å². The third kappa shape index (κ3) is 4.10. The van der Waals surface area contributed by atoms with Crippen LogP contribution in [-0.2, 0) is 0 Å². The molecule has 0 atom stereocenters. The average Bonchev–Trinajstić information content (AvgIpc) is 1.49. The van der Waals surface area contributed by atoms with E-state index in [9.17, 15) is 0 Å². The Morgan fingerprint density at radius 1 is 0.833 bits per heavy atom. The second-order valence-corrected chi connectivity index (χ2v) is 21.3. The summed E-state index contributed by atoms with van der Waals surface area (Å²) in [6.45, 7) is 13.5. The van der Waals surface area contributed by atoms with Gasteiger partial charge >= 0.3 is 0 Å². The fourth-order valence-electron chi connectivity index (χ4n) is 1.88. The van der Waals surface area contributed by atoms with Crippen molar-refractivity contribution in [3.8, 4) is 0 Å². The zero-order valence-corrected chi connectivity index (χ0v) is 13.2. The molecule has 0 aliphatic heterocycles. The zero-order chi connectivity index (χ0) is 10.2. The van der Waals surface area contributed by atoms with Gasteiger partial charge in [-0.3, -0.25) is 0 Å². The van der Waals surface area contributed by atoms with Gasteiger partial charge in [0.25, 0.3) is 0 Å². The van der Waals surface area contributed by atoms with Crippen LogP contribution in [0.15, 0.2) is 0 Å². The Labute approximate surface area is 89.4 Å². The molecule has 0 aliphatic rings. The second-order valence-electron chi connectivity index (χ2n) is 5.39. The van der Waals surface area contributed by atoms with Gasteiger partial charge in [0, 0.05) is 0 Å².